The number of ether oxygens (including phenoxy) is 1. The number of allylic oxidation sites excluding steroid dienone is 1. The van der Waals surface area contributed by atoms with E-state index in [0.717, 1.165) is 0 Å². The van der Waals surface area contributed by atoms with Gasteiger partial charge in [-0.15, -0.1) is 0 Å². The van der Waals surface area contributed by atoms with Gasteiger partial charge in [0.15, 0.2) is 11.6 Å². The number of Topliss-reactive ketones (excluding diaryl/α,β-unsaturated/α-hetero) is 2. The number of nitrogens with one attached hydrogen (secondary N) is 1. The molecular weight excluding hydrogens is 260 g/mol. The summed E-state index contributed by atoms with van der Waals surface area (Å²) in [5.74, 6) is -0.919. The first-order valence-corrected chi connectivity index (χ1v) is 6.54. The third-order valence-corrected chi connectivity index (χ3v) is 2.66. The van der Waals surface area contributed by atoms with Crippen LogP contribution in [-0.2, 0) is 19.1 Å². The number of ketones is 2. The summed E-state index contributed by atoms with van der Waals surface area (Å²) >= 11 is 0. The second kappa shape index (κ2) is 7.47. The third-order valence-electron chi connectivity index (χ3n) is 2.66. The Morgan fingerprint density at radius 3 is 2.40 bits per heavy atom. The van der Waals surface area contributed by atoms with E-state index in [1.165, 1.54) is 12.4 Å². The van der Waals surface area contributed by atoms with Crippen molar-refractivity contribution in [2.24, 2.45) is 0 Å². The van der Waals surface area contributed by atoms with Gasteiger partial charge in [0.25, 0.3) is 0 Å². The lowest BCUT2D eigenvalue weighted by Gasteiger charge is -2.14. The number of nitrogens with zero attached hydrogens (tertiary/aromatic N) is 1. The lowest BCUT2D eigenvalue weighted by molar-refractivity contribution is -0.139. The van der Waals surface area contributed by atoms with Crippen LogP contribution < -0.4 is 5.32 Å². The molecule has 1 N–H and O–H groups in total. The molecule has 1 aliphatic carbocycles. The molecule has 0 aliphatic heterocycles. The summed E-state index contributed by atoms with van der Waals surface area (Å²) in [5, 5.41) is 2.71. The third kappa shape index (κ3) is 4.53. The molecule has 0 aromatic rings. The average Bonchev–Trinajstić information content (AvgIpc) is 2.36. The number of carbonyl (C=O) groups is 3. The van der Waals surface area contributed by atoms with Crippen molar-refractivity contribution in [1.29, 1.82) is 0 Å². The molecule has 0 atom stereocenters. The van der Waals surface area contributed by atoms with E-state index in [1.807, 2.05) is 0 Å². The molecule has 0 aromatic carbocycles. The molecule has 0 amide bonds. The maximum atomic E-state index is 11.7. The zero-order chi connectivity index (χ0) is 15.1. The SMILES string of the molecule is CCOC(=O)C(=CN(C)C)NC=C1C(=O)CCCC1=O. The van der Waals surface area contributed by atoms with E-state index in [-0.39, 0.29) is 29.4 Å². The van der Waals surface area contributed by atoms with Crippen molar-refractivity contribution in [1.82, 2.24) is 10.2 Å². The number of hydrogen-bond donors (Lipinski definition) is 1. The standard InChI is InChI=1S/C14H20N2O4/c1-4-20-14(19)11(9-16(2)3)15-8-10-12(17)6-5-7-13(10)18/h8-9,15H,4-7H2,1-3H3. The first-order valence-electron chi connectivity index (χ1n) is 6.54. The maximum Gasteiger partial charge on any atom is 0.356 e. The first-order chi connectivity index (χ1) is 9.45. The topological polar surface area (TPSA) is 75.7 Å². The lowest BCUT2D eigenvalue weighted by Crippen LogP contribution is -2.25. The Bertz CT molecular complexity index is 446. The van der Waals surface area contributed by atoms with E-state index >= 15 is 0 Å². The molecule has 0 spiro atoms. The van der Waals surface area contributed by atoms with Crippen molar-refractivity contribution < 1.29 is 19.1 Å². The lowest BCUT2D eigenvalue weighted by atomic mass is 9.93. The predicted molar refractivity (Wildman–Crippen MR) is 73.5 cm³/mol. The van der Waals surface area contributed by atoms with Crippen molar-refractivity contribution in [3.63, 3.8) is 0 Å². The van der Waals surface area contributed by atoms with Gasteiger partial charge in [-0.05, 0) is 13.3 Å². The molecule has 1 saturated carbocycles. The highest BCUT2D eigenvalue weighted by molar-refractivity contribution is 6.21. The highest BCUT2D eigenvalue weighted by atomic mass is 16.5. The van der Waals surface area contributed by atoms with E-state index in [0.29, 0.717) is 19.3 Å². The number of rotatable bonds is 5. The smallest absolute Gasteiger partial charge is 0.356 e. The fourth-order valence-corrected chi connectivity index (χ4v) is 1.76. The molecule has 0 bridgehead atoms. The molecule has 1 aliphatic rings. The quantitative estimate of drug-likeness (QED) is 0.455. The molecule has 110 valence electrons. The predicted octanol–water partition coefficient (Wildman–Crippen LogP) is 0.748. The second-order valence-electron chi connectivity index (χ2n) is 4.63. The van der Waals surface area contributed by atoms with E-state index in [9.17, 15) is 14.4 Å². The molecule has 1 fully saturated rings. The van der Waals surface area contributed by atoms with Crippen LogP contribution in [0.3, 0.4) is 0 Å². The molecule has 20 heavy (non-hydrogen) atoms. The summed E-state index contributed by atoms with van der Waals surface area (Å²) in [5.41, 5.74) is 0.292. The van der Waals surface area contributed by atoms with E-state index in [1.54, 1.807) is 25.9 Å². The van der Waals surface area contributed by atoms with Crippen molar-refractivity contribution in [3.8, 4) is 0 Å². The van der Waals surface area contributed by atoms with Gasteiger partial charge in [-0.2, -0.15) is 0 Å². The molecule has 0 aromatic heterocycles. The van der Waals surface area contributed by atoms with Crippen LogP contribution in [0.25, 0.3) is 0 Å². The van der Waals surface area contributed by atoms with Crippen LogP contribution >= 0.6 is 0 Å². The fourth-order valence-electron chi connectivity index (χ4n) is 1.76. The van der Waals surface area contributed by atoms with Crippen molar-refractivity contribution in [2.75, 3.05) is 20.7 Å². The van der Waals surface area contributed by atoms with Crippen LogP contribution in [0.15, 0.2) is 23.7 Å². The zero-order valence-electron chi connectivity index (χ0n) is 12.1. The number of hydrogen-bond acceptors (Lipinski definition) is 6. The zero-order valence-corrected chi connectivity index (χ0v) is 12.1. The van der Waals surface area contributed by atoms with Crippen LogP contribution in [0.1, 0.15) is 26.2 Å². The molecule has 6 nitrogen and oxygen atoms in total. The van der Waals surface area contributed by atoms with Gasteiger partial charge in [-0.25, -0.2) is 4.79 Å². The van der Waals surface area contributed by atoms with Crippen molar-refractivity contribution in [2.45, 2.75) is 26.2 Å². The summed E-state index contributed by atoms with van der Waals surface area (Å²) in [6.45, 7) is 1.96. The van der Waals surface area contributed by atoms with E-state index in [2.05, 4.69) is 5.32 Å². The van der Waals surface area contributed by atoms with Crippen molar-refractivity contribution in [3.05, 3.63) is 23.7 Å². The van der Waals surface area contributed by atoms with Crippen LogP contribution in [0.2, 0.25) is 0 Å². The summed E-state index contributed by atoms with van der Waals surface area (Å²) < 4.78 is 4.90. The maximum absolute atomic E-state index is 11.7. The van der Waals surface area contributed by atoms with Gasteiger partial charge in [0.05, 0.1) is 12.2 Å². The number of esters is 1. The summed E-state index contributed by atoms with van der Waals surface area (Å²) in [4.78, 5) is 36.7. The molecule has 6 heteroatoms. The highest BCUT2D eigenvalue weighted by Gasteiger charge is 2.23. The monoisotopic (exact) mass is 280 g/mol. The molecule has 0 heterocycles. The van der Waals surface area contributed by atoms with Gasteiger partial charge in [0.1, 0.15) is 5.70 Å². The number of carbonyl (C=O) groups excluding carboxylic acids is 3. The van der Waals surface area contributed by atoms with Gasteiger partial charge in [0, 0.05) is 39.3 Å². The van der Waals surface area contributed by atoms with Gasteiger partial charge in [0.2, 0.25) is 0 Å². The van der Waals surface area contributed by atoms with Gasteiger partial charge < -0.3 is 15.0 Å². The van der Waals surface area contributed by atoms with Crippen LogP contribution in [0, 0.1) is 0 Å². The molecule has 0 radical (unpaired) electrons. The van der Waals surface area contributed by atoms with Crippen LogP contribution in [0.4, 0.5) is 0 Å². The highest BCUT2D eigenvalue weighted by Crippen LogP contribution is 2.16. The van der Waals surface area contributed by atoms with Crippen molar-refractivity contribution >= 4 is 17.5 Å². The largest absolute Gasteiger partial charge is 0.461 e. The summed E-state index contributed by atoms with van der Waals surface area (Å²) in [6, 6.07) is 0. The van der Waals surface area contributed by atoms with Gasteiger partial charge >= 0.3 is 5.97 Å². The minimum Gasteiger partial charge on any atom is -0.461 e. The second-order valence-corrected chi connectivity index (χ2v) is 4.63. The normalized spacial score (nSPS) is 15.9. The van der Waals surface area contributed by atoms with Gasteiger partial charge in [-0.3, -0.25) is 9.59 Å². The average molecular weight is 280 g/mol. The first kappa shape index (κ1) is 15.9. The molecule has 1 rings (SSSR count). The summed E-state index contributed by atoms with van der Waals surface area (Å²) in [6.07, 6.45) is 4.16. The summed E-state index contributed by atoms with van der Waals surface area (Å²) in [7, 11) is 3.51. The Labute approximate surface area is 118 Å². The van der Waals surface area contributed by atoms with Crippen LogP contribution in [0.5, 0.6) is 0 Å². The molecule has 0 saturated heterocycles. The Balaban J connectivity index is 2.87. The Hall–Kier alpha value is -2.11. The van der Waals surface area contributed by atoms with E-state index < -0.39 is 5.97 Å². The van der Waals surface area contributed by atoms with E-state index in [4.69, 9.17) is 4.74 Å². The molecular formula is C14H20N2O4. The Morgan fingerprint density at radius 1 is 1.30 bits per heavy atom. The Kier molecular flexibility index (Phi) is 5.96. The molecule has 0 unspecified atom stereocenters. The van der Waals surface area contributed by atoms with Crippen LogP contribution in [-0.4, -0.2) is 43.1 Å². The fraction of sp³-hybridized carbons (Fsp3) is 0.500. The minimum absolute atomic E-state index is 0.116. The minimum atomic E-state index is -0.534. The van der Waals surface area contributed by atoms with Gasteiger partial charge in [-0.1, -0.05) is 0 Å². The Morgan fingerprint density at radius 2 is 1.90 bits per heavy atom.